The van der Waals surface area contributed by atoms with Gasteiger partial charge in [0.1, 0.15) is 6.04 Å². The molecule has 1 saturated heterocycles. The number of carbonyl (C=O) groups excluding carboxylic acids is 2. The molecule has 2 N–H and O–H groups in total. The topological polar surface area (TPSA) is 156 Å². The molecule has 1 fully saturated rings. The number of alkyl carbamates (subject to hydrolysis) is 1. The van der Waals surface area contributed by atoms with Crippen molar-refractivity contribution in [1.29, 1.82) is 0 Å². The second-order valence-electron chi connectivity index (χ2n) is 9.00. The Morgan fingerprint density at radius 1 is 1.12 bits per heavy atom. The zero-order valence-corrected chi connectivity index (χ0v) is 23.1. The van der Waals surface area contributed by atoms with Gasteiger partial charge in [-0.2, -0.15) is 0 Å². The van der Waals surface area contributed by atoms with Crippen LogP contribution in [0.5, 0.6) is 0 Å². The first kappa shape index (κ1) is 30.4. The van der Waals surface area contributed by atoms with E-state index in [-0.39, 0.29) is 38.1 Å². The lowest BCUT2D eigenvalue weighted by atomic mass is 9.87. The van der Waals surface area contributed by atoms with Crippen molar-refractivity contribution in [3.05, 3.63) is 0 Å². The monoisotopic (exact) mass is 571 g/mol. The molecule has 1 atom stereocenters. The van der Waals surface area contributed by atoms with Gasteiger partial charge in [-0.15, -0.1) is 0 Å². The van der Waals surface area contributed by atoms with Crippen molar-refractivity contribution in [2.75, 3.05) is 19.7 Å². The van der Waals surface area contributed by atoms with Gasteiger partial charge in [-0.25, -0.2) is 26.3 Å². The summed E-state index contributed by atoms with van der Waals surface area (Å²) in [4.78, 5) is 25.2. The van der Waals surface area contributed by atoms with Crippen LogP contribution in [0.4, 0.5) is 4.79 Å². The second kappa shape index (κ2) is 12.9. The molecule has 1 unspecified atom stereocenters. The average Bonchev–Trinajstić information content (AvgIpc) is 2.64. The molecule has 11 nitrogen and oxygen atoms in total. The highest BCUT2D eigenvalue weighted by molar-refractivity contribution is 8.06. The van der Waals surface area contributed by atoms with Crippen molar-refractivity contribution in [3.63, 3.8) is 0 Å². The summed E-state index contributed by atoms with van der Waals surface area (Å²) in [5.41, 5.74) is -1.38. The molecule has 33 heavy (non-hydrogen) atoms. The average molecular weight is 572 g/mol. The van der Waals surface area contributed by atoms with Gasteiger partial charge in [0.05, 0.1) is 6.61 Å². The Balaban J connectivity index is 2.98. The fourth-order valence-electron chi connectivity index (χ4n) is 3.46. The number of nitrogens with zero attached hydrogens (tertiary/aromatic N) is 1. The number of thiol groups is 2. The second-order valence-corrected chi connectivity index (χ2v) is 16.3. The molecular weight excluding hydrogens is 540 g/mol. The Bertz CT molecular complexity index is 861. The molecule has 0 aromatic heterocycles. The molecule has 1 aliphatic heterocycles. The number of carbonyl (C=O) groups is 2. The molecule has 0 radical (unpaired) electrons. The smallest absolute Gasteiger partial charge is 0.407 e. The van der Waals surface area contributed by atoms with E-state index in [2.05, 4.69) is 10.6 Å². The molecule has 1 aliphatic rings. The number of hydrogen-bond donors (Lipinski definition) is 4. The summed E-state index contributed by atoms with van der Waals surface area (Å²) in [5.74, 6) is -4.01. The first-order valence-electron chi connectivity index (χ1n) is 10.3. The van der Waals surface area contributed by atoms with Crippen LogP contribution in [0.15, 0.2) is 0 Å². The first-order valence-corrected chi connectivity index (χ1v) is 16.3. The minimum atomic E-state index is -3.44. The Morgan fingerprint density at radius 3 is 2.06 bits per heavy atom. The highest BCUT2D eigenvalue weighted by Crippen LogP contribution is 2.60. The largest absolute Gasteiger partial charge is 0.449 e. The third-order valence-electron chi connectivity index (χ3n) is 5.13. The fourth-order valence-corrected chi connectivity index (χ4v) is 7.03. The number of piperidine rings is 1. The van der Waals surface area contributed by atoms with Crippen molar-refractivity contribution in [2.24, 2.45) is 11.3 Å². The lowest BCUT2D eigenvalue weighted by Gasteiger charge is -2.34. The fraction of sp³-hybridized carbons (Fsp3) is 0.882. The Labute approximate surface area is 207 Å². The van der Waals surface area contributed by atoms with Crippen molar-refractivity contribution in [2.45, 2.75) is 63.6 Å². The highest BCUT2D eigenvalue weighted by Gasteiger charge is 2.40. The summed E-state index contributed by atoms with van der Waals surface area (Å²) in [6.07, 6.45) is -0.367. The zero-order chi connectivity index (χ0) is 25.6. The number of nitrogens with one attached hydrogen (secondary N) is 2. The van der Waals surface area contributed by atoms with Crippen LogP contribution in [0, 0.1) is 11.3 Å². The minimum absolute atomic E-state index is 0.0443. The van der Waals surface area contributed by atoms with Gasteiger partial charge >= 0.3 is 12.1 Å². The quantitative estimate of drug-likeness (QED) is 0.214. The molecule has 0 aromatic carbocycles. The third-order valence-corrected chi connectivity index (χ3v) is 10.8. The zero-order valence-electron chi connectivity index (χ0n) is 18.9. The van der Waals surface area contributed by atoms with Crippen LogP contribution in [0.2, 0.25) is 0 Å². The normalized spacial score (nSPS) is 17.5. The van der Waals surface area contributed by atoms with E-state index in [1.807, 2.05) is 13.8 Å². The van der Waals surface area contributed by atoms with E-state index in [1.165, 1.54) is 18.5 Å². The molecule has 1 heterocycles. The van der Waals surface area contributed by atoms with Crippen molar-refractivity contribution in [1.82, 2.24) is 15.3 Å². The summed E-state index contributed by atoms with van der Waals surface area (Å²) >= 11 is 11.4. The number of halogens is 2. The SMILES string of the molecule is CC(C)COC(=O)NC(CC(C)(C)C([SH](=O)=O)[SH](=O)=O)C(=O)NC1CCN(P(=O)(Cl)Cl)CC1. The highest BCUT2D eigenvalue weighted by atomic mass is 35.9. The van der Waals surface area contributed by atoms with E-state index in [0.29, 0.717) is 12.8 Å². The van der Waals surface area contributed by atoms with Gasteiger partial charge < -0.3 is 15.4 Å². The molecule has 0 aliphatic carbocycles. The number of ether oxygens (including phenoxy) is 1. The van der Waals surface area contributed by atoms with Gasteiger partial charge in [0.15, 0.2) is 26.0 Å². The van der Waals surface area contributed by atoms with Gasteiger partial charge in [0.2, 0.25) is 5.91 Å². The van der Waals surface area contributed by atoms with Gasteiger partial charge in [0.25, 0.3) is 0 Å². The lowest BCUT2D eigenvalue weighted by Crippen LogP contribution is -2.54. The van der Waals surface area contributed by atoms with E-state index in [4.69, 9.17) is 27.2 Å². The molecule has 16 heteroatoms. The summed E-state index contributed by atoms with van der Waals surface area (Å²) in [6.45, 7) is 7.11. The predicted octanol–water partition coefficient (Wildman–Crippen LogP) is 1.87. The van der Waals surface area contributed by atoms with Crippen LogP contribution in [-0.4, -0.2) is 69.9 Å². The maximum absolute atomic E-state index is 13.0. The number of rotatable bonds is 11. The first-order chi connectivity index (χ1) is 15.0. The molecule has 1 rings (SSSR count). The molecule has 194 valence electrons. The van der Waals surface area contributed by atoms with Crippen LogP contribution in [0.3, 0.4) is 0 Å². The summed E-state index contributed by atoms with van der Waals surface area (Å²) in [5, 5.41) is 5.19. The summed E-state index contributed by atoms with van der Waals surface area (Å²) < 4.78 is 62.8. The van der Waals surface area contributed by atoms with E-state index in [0.717, 1.165) is 0 Å². The van der Waals surface area contributed by atoms with E-state index >= 15 is 0 Å². The minimum Gasteiger partial charge on any atom is -0.449 e. The van der Waals surface area contributed by atoms with Crippen LogP contribution < -0.4 is 10.6 Å². The van der Waals surface area contributed by atoms with E-state index in [9.17, 15) is 31.0 Å². The van der Waals surface area contributed by atoms with Crippen LogP contribution >= 0.6 is 28.5 Å². The Hall–Kier alpha value is -0.590. The molecule has 0 spiro atoms. The van der Waals surface area contributed by atoms with Gasteiger partial charge in [-0.3, -0.25) is 9.36 Å². The van der Waals surface area contributed by atoms with Crippen LogP contribution in [0.25, 0.3) is 0 Å². The van der Waals surface area contributed by atoms with Crippen molar-refractivity contribution >= 4 is 61.9 Å². The maximum atomic E-state index is 13.0. The standard InChI is InChI=1S/C17H32Cl2N3O8PS2/c1-11(2)10-30-16(24)21-13(9-17(3,4)15(32(26)27)33(28)29)14(23)20-12-5-7-22(8-6-12)31(18,19)25/h11-13,15,32-33H,5-10H2,1-4H3,(H,20,23)(H,21,24). The van der Waals surface area contributed by atoms with Crippen molar-refractivity contribution < 1.29 is 35.7 Å². The van der Waals surface area contributed by atoms with E-state index < -0.39 is 55.4 Å². The lowest BCUT2D eigenvalue weighted by molar-refractivity contribution is -0.124. The third kappa shape index (κ3) is 10.3. The number of amides is 2. The molecule has 0 bridgehead atoms. The van der Waals surface area contributed by atoms with Gasteiger partial charge in [0, 0.05) is 19.1 Å². The van der Waals surface area contributed by atoms with E-state index in [1.54, 1.807) is 0 Å². The number of hydrogen-bond acceptors (Lipinski definition) is 8. The molecule has 2 amide bonds. The summed E-state index contributed by atoms with van der Waals surface area (Å²) in [7, 11) is -6.68. The molecule has 0 saturated carbocycles. The van der Waals surface area contributed by atoms with Gasteiger partial charge in [-0.1, -0.05) is 27.7 Å². The maximum Gasteiger partial charge on any atom is 0.407 e. The Kier molecular flexibility index (Phi) is 11.9. The Morgan fingerprint density at radius 2 is 1.64 bits per heavy atom. The predicted molar refractivity (Wildman–Crippen MR) is 128 cm³/mol. The van der Waals surface area contributed by atoms with Crippen LogP contribution in [-0.2, 0) is 35.5 Å². The summed E-state index contributed by atoms with van der Waals surface area (Å²) in [6, 6.07) is -1.59. The van der Waals surface area contributed by atoms with Gasteiger partial charge in [-0.05, 0) is 53.1 Å². The molecule has 0 aromatic rings. The van der Waals surface area contributed by atoms with Crippen molar-refractivity contribution in [3.8, 4) is 0 Å². The van der Waals surface area contributed by atoms with Crippen LogP contribution in [0.1, 0.15) is 47.0 Å². The molecular formula is C17H32Cl2N3O8PS2.